The highest BCUT2D eigenvalue weighted by Crippen LogP contribution is 2.32. The molecule has 6 heteroatoms. The molecule has 2 N–H and O–H groups in total. The molecule has 0 aliphatic carbocycles. The van der Waals surface area contributed by atoms with Gasteiger partial charge in [0.05, 0.1) is 0 Å². The van der Waals surface area contributed by atoms with Crippen LogP contribution in [0.5, 0.6) is 11.5 Å². The van der Waals surface area contributed by atoms with Crippen LogP contribution < -0.4 is 20.1 Å². The summed E-state index contributed by atoms with van der Waals surface area (Å²) in [5.41, 5.74) is 3.36. The molecule has 1 aliphatic heterocycles. The Hall–Kier alpha value is -3.28. The van der Waals surface area contributed by atoms with E-state index in [1.807, 2.05) is 42.5 Å². The van der Waals surface area contributed by atoms with E-state index in [2.05, 4.69) is 33.6 Å². The Balaban J connectivity index is 1.44. The lowest BCUT2D eigenvalue weighted by molar-refractivity contribution is 0.174. The first-order chi connectivity index (χ1) is 12.8. The predicted molar refractivity (Wildman–Crippen MR) is 101 cm³/mol. The van der Waals surface area contributed by atoms with Gasteiger partial charge in [0.25, 0.3) is 0 Å². The van der Waals surface area contributed by atoms with Crippen LogP contribution in [0.1, 0.15) is 18.1 Å². The maximum absolute atomic E-state index is 5.41. The second-order valence-corrected chi connectivity index (χ2v) is 5.94. The van der Waals surface area contributed by atoms with Crippen molar-refractivity contribution in [3.05, 3.63) is 65.9 Å². The highest BCUT2D eigenvalue weighted by atomic mass is 16.7. The average Bonchev–Trinajstić information content (AvgIpc) is 3.15. The van der Waals surface area contributed by atoms with E-state index in [-0.39, 0.29) is 6.79 Å². The van der Waals surface area contributed by atoms with Gasteiger partial charge in [0.15, 0.2) is 11.5 Å². The van der Waals surface area contributed by atoms with Gasteiger partial charge >= 0.3 is 0 Å². The molecule has 0 unspecified atom stereocenters. The molecule has 0 fully saturated rings. The molecule has 3 aromatic rings. The zero-order chi connectivity index (χ0) is 17.8. The smallest absolute Gasteiger partial charge is 0.231 e. The third-order valence-corrected chi connectivity index (χ3v) is 4.21. The Morgan fingerprint density at radius 3 is 2.85 bits per heavy atom. The number of anilines is 3. The number of hydrogen-bond donors (Lipinski definition) is 2. The number of nitrogens with zero attached hydrogens (tertiary/aromatic N) is 2. The summed E-state index contributed by atoms with van der Waals surface area (Å²) in [5.74, 6) is 2.90. The summed E-state index contributed by atoms with van der Waals surface area (Å²) in [6.45, 7) is 3.05. The molecule has 0 amide bonds. The van der Waals surface area contributed by atoms with Gasteiger partial charge in [0.1, 0.15) is 5.82 Å². The van der Waals surface area contributed by atoms with Crippen molar-refractivity contribution in [3.63, 3.8) is 0 Å². The van der Waals surface area contributed by atoms with Gasteiger partial charge in [-0.3, -0.25) is 0 Å². The summed E-state index contributed by atoms with van der Waals surface area (Å²) in [7, 11) is 0. The lowest BCUT2D eigenvalue weighted by Crippen LogP contribution is -2.05. The summed E-state index contributed by atoms with van der Waals surface area (Å²) in [5, 5.41) is 6.62. The second kappa shape index (κ2) is 7.31. The molecule has 6 nitrogen and oxygen atoms in total. The van der Waals surface area contributed by atoms with Gasteiger partial charge in [-0.05, 0) is 41.8 Å². The van der Waals surface area contributed by atoms with Crippen LogP contribution in [0.4, 0.5) is 17.5 Å². The van der Waals surface area contributed by atoms with E-state index in [0.717, 1.165) is 35.0 Å². The monoisotopic (exact) mass is 348 g/mol. The van der Waals surface area contributed by atoms with Crippen molar-refractivity contribution < 1.29 is 9.47 Å². The summed E-state index contributed by atoms with van der Waals surface area (Å²) in [6, 6.07) is 15.9. The maximum Gasteiger partial charge on any atom is 0.231 e. The topological polar surface area (TPSA) is 68.3 Å². The van der Waals surface area contributed by atoms with E-state index in [4.69, 9.17) is 9.47 Å². The van der Waals surface area contributed by atoms with Crippen molar-refractivity contribution >= 4 is 17.5 Å². The number of fused-ring (bicyclic) bond motifs is 1. The minimum Gasteiger partial charge on any atom is -0.454 e. The number of nitrogens with one attached hydrogen (secondary N) is 2. The lowest BCUT2D eigenvalue weighted by atomic mass is 10.1. The standard InChI is InChI=1S/C20H20N4O2/c1-2-15-5-3-4-6-16(15)23-20-21-10-9-19(24-20)22-12-14-7-8-17-18(11-14)26-13-25-17/h3-11H,2,12-13H2,1H3,(H2,21,22,23,24). The predicted octanol–water partition coefficient (Wildman–Crippen LogP) is 4.12. The number of aromatic nitrogens is 2. The molecular formula is C20H20N4O2. The number of benzene rings is 2. The van der Waals surface area contributed by atoms with Crippen LogP contribution in [0.25, 0.3) is 0 Å². The molecule has 0 atom stereocenters. The SMILES string of the molecule is CCc1ccccc1Nc1nccc(NCc2ccc3c(c2)OCO3)n1. The number of hydrogen-bond acceptors (Lipinski definition) is 6. The Kier molecular flexibility index (Phi) is 4.55. The van der Waals surface area contributed by atoms with E-state index in [1.165, 1.54) is 5.56 Å². The van der Waals surface area contributed by atoms with Gasteiger partial charge in [-0.2, -0.15) is 4.98 Å². The van der Waals surface area contributed by atoms with Crippen LogP contribution in [0.2, 0.25) is 0 Å². The molecule has 0 radical (unpaired) electrons. The van der Waals surface area contributed by atoms with Crippen LogP contribution in [0, 0.1) is 0 Å². The van der Waals surface area contributed by atoms with Gasteiger partial charge in [-0.1, -0.05) is 31.2 Å². The molecule has 26 heavy (non-hydrogen) atoms. The fourth-order valence-electron chi connectivity index (χ4n) is 2.83. The van der Waals surface area contributed by atoms with E-state index < -0.39 is 0 Å². The van der Waals surface area contributed by atoms with Gasteiger partial charge in [0, 0.05) is 18.4 Å². The first kappa shape index (κ1) is 16.2. The largest absolute Gasteiger partial charge is 0.454 e. The number of ether oxygens (including phenoxy) is 2. The van der Waals surface area contributed by atoms with E-state index >= 15 is 0 Å². The third-order valence-electron chi connectivity index (χ3n) is 4.21. The summed E-state index contributed by atoms with van der Waals surface area (Å²) in [6.07, 6.45) is 2.69. The molecule has 0 spiro atoms. The van der Waals surface area contributed by atoms with E-state index in [0.29, 0.717) is 12.5 Å². The fourth-order valence-corrected chi connectivity index (χ4v) is 2.83. The van der Waals surface area contributed by atoms with Crippen LogP contribution in [0.15, 0.2) is 54.7 Å². The molecule has 0 saturated carbocycles. The van der Waals surface area contributed by atoms with Crippen molar-refractivity contribution in [2.75, 3.05) is 17.4 Å². The van der Waals surface area contributed by atoms with Crippen LogP contribution in [0.3, 0.4) is 0 Å². The molecule has 0 bridgehead atoms. The van der Waals surface area contributed by atoms with Gasteiger partial charge in [-0.25, -0.2) is 4.98 Å². The first-order valence-electron chi connectivity index (χ1n) is 8.62. The van der Waals surface area contributed by atoms with Crippen LogP contribution in [-0.2, 0) is 13.0 Å². The van der Waals surface area contributed by atoms with E-state index in [9.17, 15) is 0 Å². The summed E-state index contributed by atoms with van der Waals surface area (Å²) in [4.78, 5) is 8.86. The normalized spacial score (nSPS) is 12.0. The maximum atomic E-state index is 5.41. The van der Waals surface area contributed by atoms with E-state index in [1.54, 1.807) is 6.20 Å². The highest BCUT2D eigenvalue weighted by molar-refractivity contribution is 5.59. The van der Waals surface area contributed by atoms with Crippen molar-refractivity contribution in [2.24, 2.45) is 0 Å². The van der Waals surface area contributed by atoms with Gasteiger partial charge in [-0.15, -0.1) is 0 Å². The Morgan fingerprint density at radius 2 is 1.92 bits per heavy atom. The highest BCUT2D eigenvalue weighted by Gasteiger charge is 2.13. The lowest BCUT2D eigenvalue weighted by Gasteiger charge is -2.11. The number of rotatable bonds is 6. The zero-order valence-electron chi connectivity index (χ0n) is 14.5. The van der Waals surface area contributed by atoms with Crippen molar-refractivity contribution in [1.29, 1.82) is 0 Å². The molecule has 132 valence electrons. The molecular weight excluding hydrogens is 328 g/mol. The number of aryl methyl sites for hydroxylation is 1. The molecule has 4 rings (SSSR count). The number of para-hydroxylation sites is 1. The van der Waals surface area contributed by atoms with Gasteiger partial charge in [0.2, 0.25) is 12.7 Å². The summed E-state index contributed by atoms with van der Waals surface area (Å²) < 4.78 is 10.7. The fraction of sp³-hybridized carbons (Fsp3) is 0.200. The Labute approximate surface area is 152 Å². The van der Waals surface area contributed by atoms with Gasteiger partial charge < -0.3 is 20.1 Å². The van der Waals surface area contributed by atoms with Crippen LogP contribution in [-0.4, -0.2) is 16.8 Å². The molecule has 1 aliphatic rings. The van der Waals surface area contributed by atoms with Crippen molar-refractivity contribution in [1.82, 2.24) is 9.97 Å². The molecule has 0 saturated heterocycles. The summed E-state index contributed by atoms with van der Waals surface area (Å²) >= 11 is 0. The van der Waals surface area contributed by atoms with Crippen molar-refractivity contribution in [2.45, 2.75) is 19.9 Å². The second-order valence-electron chi connectivity index (χ2n) is 5.94. The Bertz CT molecular complexity index is 914. The van der Waals surface area contributed by atoms with Crippen molar-refractivity contribution in [3.8, 4) is 11.5 Å². The minimum atomic E-state index is 0.284. The quantitative estimate of drug-likeness (QED) is 0.698. The molecule has 2 aromatic carbocycles. The zero-order valence-corrected chi connectivity index (χ0v) is 14.5. The minimum absolute atomic E-state index is 0.284. The molecule has 2 heterocycles. The first-order valence-corrected chi connectivity index (χ1v) is 8.62. The van der Waals surface area contributed by atoms with Crippen LogP contribution >= 0.6 is 0 Å². The molecule has 1 aromatic heterocycles. The Morgan fingerprint density at radius 1 is 1.04 bits per heavy atom. The third kappa shape index (κ3) is 3.54. The average molecular weight is 348 g/mol.